The molecule has 90 valence electrons. The van der Waals surface area contributed by atoms with Crippen LogP contribution in [0.15, 0.2) is 6.20 Å². The summed E-state index contributed by atoms with van der Waals surface area (Å²) in [4.78, 5) is 12.0. The van der Waals surface area contributed by atoms with Crippen molar-refractivity contribution in [1.82, 2.24) is 15.1 Å². The van der Waals surface area contributed by atoms with E-state index in [9.17, 15) is 4.79 Å². The predicted molar refractivity (Wildman–Crippen MR) is 72.3 cm³/mol. The number of amides is 1. The lowest BCUT2D eigenvalue weighted by Crippen LogP contribution is -2.38. The van der Waals surface area contributed by atoms with Crippen molar-refractivity contribution in [3.05, 3.63) is 15.5 Å². The van der Waals surface area contributed by atoms with Gasteiger partial charge in [0.1, 0.15) is 0 Å². The van der Waals surface area contributed by atoms with Gasteiger partial charge in [0, 0.05) is 19.3 Å². The van der Waals surface area contributed by atoms with Crippen molar-refractivity contribution in [2.24, 2.45) is 13.0 Å². The molecule has 16 heavy (non-hydrogen) atoms. The molecule has 0 radical (unpaired) electrons. The van der Waals surface area contributed by atoms with Gasteiger partial charge in [-0.2, -0.15) is 5.10 Å². The number of nitrogens with one attached hydrogen (secondary N) is 1. The van der Waals surface area contributed by atoms with Crippen LogP contribution in [0.1, 0.15) is 37.7 Å². The van der Waals surface area contributed by atoms with E-state index in [2.05, 4.69) is 53.8 Å². The lowest BCUT2D eigenvalue weighted by Gasteiger charge is -2.20. The molecule has 1 amide bonds. The molecule has 1 aromatic heterocycles. The monoisotopic (exact) mass is 335 g/mol. The van der Waals surface area contributed by atoms with Gasteiger partial charge in [0.15, 0.2) is 5.69 Å². The molecule has 5 heteroatoms. The molecule has 1 aromatic rings. The van der Waals surface area contributed by atoms with Crippen molar-refractivity contribution >= 4 is 28.5 Å². The van der Waals surface area contributed by atoms with Crippen LogP contribution in [0.25, 0.3) is 0 Å². The Bertz CT molecular complexity index is 373. The molecular weight excluding hydrogens is 317 g/mol. The summed E-state index contributed by atoms with van der Waals surface area (Å²) in [5, 5.41) is 7.17. The standard InChI is InChI=1S/C11H18IN3O/c1-5-9(7(2)3)13-11(16)10-8(12)6-15(4)14-10/h6-7,9H,5H2,1-4H3,(H,13,16). The van der Waals surface area contributed by atoms with Crippen LogP contribution in [0, 0.1) is 9.49 Å². The van der Waals surface area contributed by atoms with Gasteiger partial charge < -0.3 is 5.32 Å². The molecule has 1 atom stereocenters. The average molecular weight is 335 g/mol. The fraction of sp³-hybridized carbons (Fsp3) is 0.636. The van der Waals surface area contributed by atoms with E-state index in [0.29, 0.717) is 11.6 Å². The molecule has 0 bridgehead atoms. The average Bonchev–Trinajstić information content (AvgIpc) is 2.53. The zero-order valence-corrected chi connectivity index (χ0v) is 12.3. The van der Waals surface area contributed by atoms with E-state index in [1.54, 1.807) is 4.68 Å². The second kappa shape index (κ2) is 5.65. The van der Waals surface area contributed by atoms with Crippen molar-refractivity contribution in [2.75, 3.05) is 0 Å². The van der Waals surface area contributed by atoms with Gasteiger partial charge in [0.25, 0.3) is 5.91 Å². The van der Waals surface area contributed by atoms with Crippen molar-refractivity contribution in [1.29, 1.82) is 0 Å². The number of aromatic nitrogens is 2. The Labute approximate surface area is 110 Å². The molecule has 4 nitrogen and oxygen atoms in total. The van der Waals surface area contributed by atoms with Gasteiger partial charge in [-0.15, -0.1) is 0 Å². The summed E-state index contributed by atoms with van der Waals surface area (Å²) < 4.78 is 2.55. The number of aryl methyl sites for hydroxylation is 1. The third-order valence-corrected chi connectivity index (χ3v) is 3.35. The van der Waals surface area contributed by atoms with Gasteiger partial charge in [-0.25, -0.2) is 0 Å². The number of carbonyl (C=O) groups excluding carboxylic acids is 1. The summed E-state index contributed by atoms with van der Waals surface area (Å²) in [7, 11) is 1.82. The Morgan fingerprint density at radius 2 is 2.25 bits per heavy atom. The molecule has 0 aromatic carbocycles. The third kappa shape index (κ3) is 3.20. The van der Waals surface area contributed by atoms with Crippen LogP contribution in [-0.2, 0) is 7.05 Å². The van der Waals surface area contributed by atoms with Gasteiger partial charge >= 0.3 is 0 Å². The Morgan fingerprint density at radius 3 is 2.62 bits per heavy atom. The predicted octanol–water partition coefficient (Wildman–Crippen LogP) is 2.19. The van der Waals surface area contributed by atoms with Crippen molar-refractivity contribution in [3.63, 3.8) is 0 Å². The van der Waals surface area contributed by atoms with E-state index in [4.69, 9.17) is 0 Å². The molecule has 0 saturated heterocycles. The minimum Gasteiger partial charge on any atom is -0.348 e. The normalized spacial score (nSPS) is 12.9. The van der Waals surface area contributed by atoms with Crippen LogP contribution in [-0.4, -0.2) is 21.7 Å². The summed E-state index contributed by atoms with van der Waals surface area (Å²) in [6, 6.07) is 0.213. The minimum absolute atomic E-state index is 0.0782. The van der Waals surface area contributed by atoms with Gasteiger partial charge in [-0.05, 0) is 34.9 Å². The van der Waals surface area contributed by atoms with Crippen LogP contribution < -0.4 is 5.32 Å². The number of halogens is 1. The maximum Gasteiger partial charge on any atom is 0.273 e. The lowest BCUT2D eigenvalue weighted by atomic mass is 10.0. The van der Waals surface area contributed by atoms with Crippen molar-refractivity contribution < 1.29 is 4.79 Å². The van der Waals surface area contributed by atoms with E-state index in [1.807, 2.05) is 13.2 Å². The molecule has 1 heterocycles. The first-order valence-electron chi connectivity index (χ1n) is 5.45. The Hall–Kier alpha value is -0.590. The first-order valence-corrected chi connectivity index (χ1v) is 6.53. The summed E-state index contributed by atoms with van der Waals surface area (Å²) in [6.07, 6.45) is 2.78. The quantitative estimate of drug-likeness (QED) is 0.858. The minimum atomic E-state index is -0.0782. The molecule has 0 fully saturated rings. The molecule has 1 rings (SSSR count). The van der Waals surface area contributed by atoms with Gasteiger partial charge in [-0.1, -0.05) is 20.8 Å². The fourth-order valence-electron chi connectivity index (χ4n) is 1.59. The van der Waals surface area contributed by atoms with E-state index in [-0.39, 0.29) is 11.9 Å². The number of hydrogen-bond donors (Lipinski definition) is 1. The smallest absolute Gasteiger partial charge is 0.273 e. The number of rotatable bonds is 4. The zero-order valence-electron chi connectivity index (χ0n) is 10.1. The summed E-state index contributed by atoms with van der Waals surface area (Å²) in [5.41, 5.74) is 0.516. The fourth-order valence-corrected chi connectivity index (χ4v) is 2.35. The van der Waals surface area contributed by atoms with Crippen LogP contribution >= 0.6 is 22.6 Å². The second-order valence-electron chi connectivity index (χ2n) is 4.23. The Balaban J connectivity index is 2.75. The molecule has 0 aliphatic heterocycles. The van der Waals surface area contributed by atoms with Crippen LogP contribution in [0.5, 0.6) is 0 Å². The highest BCUT2D eigenvalue weighted by Gasteiger charge is 2.19. The van der Waals surface area contributed by atoms with E-state index in [0.717, 1.165) is 9.99 Å². The van der Waals surface area contributed by atoms with E-state index in [1.165, 1.54) is 0 Å². The number of hydrogen-bond acceptors (Lipinski definition) is 2. The molecule has 1 unspecified atom stereocenters. The third-order valence-electron chi connectivity index (χ3n) is 2.56. The van der Waals surface area contributed by atoms with Crippen LogP contribution in [0.4, 0.5) is 0 Å². The topological polar surface area (TPSA) is 46.9 Å². The lowest BCUT2D eigenvalue weighted by molar-refractivity contribution is 0.0918. The van der Waals surface area contributed by atoms with E-state index < -0.39 is 0 Å². The molecular formula is C11H18IN3O. The zero-order chi connectivity index (χ0) is 12.3. The Morgan fingerprint density at radius 1 is 1.62 bits per heavy atom. The largest absolute Gasteiger partial charge is 0.348 e. The highest BCUT2D eigenvalue weighted by Crippen LogP contribution is 2.11. The maximum atomic E-state index is 12.0. The van der Waals surface area contributed by atoms with Gasteiger partial charge in [-0.3, -0.25) is 9.48 Å². The molecule has 0 saturated carbocycles. The Kier molecular flexibility index (Phi) is 4.76. The van der Waals surface area contributed by atoms with Crippen molar-refractivity contribution in [2.45, 2.75) is 33.2 Å². The van der Waals surface area contributed by atoms with Gasteiger partial charge in [0.2, 0.25) is 0 Å². The van der Waals surface area contributed by atoms with Crippen LogP contribution in [0.3, 0.4) is 0 Å². The van der Waals surface area contributed by atoms with Crippen LogP contribution in [0.2, 0.25) is 0 Å². The summed E-state index contributed by atoms with van der Waals surface area (Å²) >= 11 is 2.13. The number of nitrogens with zero attached hydrogens (tertiary/aromatic N) is 2. The van der Waals surface area contributed by atoms with E-state index >= 15 is 0 Å². The first-order chi connectivity index (χ1) is 7.45. The molecule has 1 N–H and O–H groups in total. The molecule has 0 aliphatic carbocycles. The van der Waals surface area contributed by atoms with Gasteiger partial charge in [0.05, 0.1) is 3.57 Å². The second-order valence-corrected chi connectivity index (χ2v) is 5.39. The van der Waals surface area contributed by atoms with Crippen molar-refractivity contribution in [3.8, 4) is 0 Å². The first kappa shape index (κ1) is 13.5. The molecule has 0 spiro atoms. The highest BCUT2D eigenvalue weighted by atomic mass is 127. The maximum absolute atomic E-state index is 12.0. The number of carbonyl (C=O) groups is 1. The SMILES string of the molecule is CCC(NC(=O)c1nn(C)cc1I)C(C)C. The highest BCUT2D eigenvalue weighted by molar-refractivity contribution is 14.1. The molecule has 0 aliphatic rings. The summed E-state index contributed by atoms with van der Waals surface area (Å²) in [5.74, 6) is 0.362. The summed E-state index contributed by atoms with van der Waals surface area (Å²) in [6.45, 7) is 6.30.